The van der Waals surface area contributed by atoms with Crippen molar-refractivity contribution in [2.75, 3.05) is 6.61 Å². The van der Waals surface area contributed by atoms with Crippen LogP contribution in [-0.4, -0.2) is 37.2 Å². The van der Waals surface area contributed by atoms with Crippen molar-refractivity contribution in [1.82, 2.24) is 4.83 Å². The number of sulfonamides is 1. The van der Waals surface area contributed by atoms with Crippen molar-refractivity contribution in [2.45, 2.75) is 11.8 Å². The van der Waals surface area contributed by atoms with Crippen molar-refractivity contribution >= 4 is 27.9 Å². The summed E-state index contributed by atoms with van der Waals surface area (Å²) >= 11 is 0. The maximum atomic E-state index is 12.3. The van der Waals surface area contributed by atoms with Crippen molar-refractivity contribution in [3.8, 4) is 5.75 Å². The lowest BCUT2D eigenvalue weighted by molar-refractivity contribution is -0.385. The number of hydrogen-bond donors (Lipinski definition) is 2. The van der Waals surface area contributed by atoms with Crippen molar-refractivity contribution in [2.24, 2.45) is 5.10 Å². The molecule has 0 saturated heterocycles. The topological polar surface area (TPSA) is 148 Å². The van der Waals surface area contributed by atoms with E-state index in [1.54, 1.807) is 18.2 Å². The standard InChI is InChI=1S/C16H15N3O7S/c1-11-6-7-13(8-14(11)19(22)23)27(24,25)18-17-9-12-4-2-3-5-15(12)26-10-16(20)21/h2-9,18H,10H2,1H3,(H,20,21)/b17-9+. The summed E-state index contributed by atoms with van der Waals surface area (Å²) in [4.78, 5) is 22.5. The van der Waals surface area contributed by atoms with Crippen LogP contribution in [0.2, 0.25) is 0 Å². The quantitative estimate of drug-likeness (QED) is 0.394. The molecule has 2 aromatic rings. The summed E-state index contributed by atoms with van der Waals surface area (Å²) in [5, 5.41) is 23.2. The molecule has 0 unspecified atom stereocenters. The summed E-state index contributed by atoms with van der Waals surface area (Å²) in [6.45, 7) is 0.928. The molecule has 0 radical (unpaired) electrons. The average molecular weight is 393 g/mol. The van der Waals surface area contributed by atoms with E-state index in [-0.39, 0.29) is 16.3 Å². The second-order valence-electron chi connectivity index (χ2n) is 5.28. The summed E-state index contributed by atoms with van der Waals surface area (Å²) in [5.74, 6) is -0.961. The highest BCUT2D eigenvalue weighted by Gasteiger charge is 2.19. The SMILES string of the molecule is Cc1ccc(S(=O)(=O)N/N=C/c2ccccc2OCC(=O)O)cc1[N+](=O)[O-]. The van der Waals surface area contributed by atoms with Crippen molar-refractivity contribution < 1.29 is 28.0 Å². The van der Waals surface area contributed by atoms with E-state index in [9.17, 15) is 23.3 Å². The van der Waals surface area contributed by atoms with E-state index in [0.29, 0.717) is 11.1 Å². The number of aliphatic carboxylic acids is 1. The van der Waals surface area contributed by atoms with Crippen molar-refractivity contribution in [3.05, 3.63) is 63.7 Å². The number of benzene rings is 2. The van der Waals surface area contributed by atoms with Gasteiger partial charge in [-0.25, -0.2) is 9.63 Å². The first-order valence-electron chi connectivity index (χ1n) is 7.44. The number of hydrogen-bond acceptors (Lipinski definition) is 7. The predicted octanol–water partition coefficient (Wildman–Crippen LogP) is 1.68. The zero-order valence-corrected chi connectivity index (χ0v) is 14.8. The van der Waals surface area contributed by atoms with Gasteiger partial charge in [0.1, 0.15) is 5.75 Å². The Morgan fingerprint density at radius 2 is 2.04 bits per heavy atom. The molecule has 0 heterocycles. The number of para-hydroxylation sites is 1. The molecule has 0 fully saturated rings. The minimum atomic E-state index is -4.13. The van der Waals surface area contributed by atoms with Gasteiger partial charge < -0.3 is 9.84 Å². The fourth-order valence-electron chi connectivity index (χ4n) is 2.03. The van der Waals surface area contributed by atoms with Gasteiger partial charge in [-0.1, -0.05) is 18.2 Å². The number of ether oxygens (including phenoxy) is 1. The van der Waals surface area contributed by atoms with Gasteiger partial charge in [-0.2, -0.15) is 13.5 Å². The van der Waals surface area contributed by atoms with E-state index in [1.807, 2.05) is 4.83 Å². The van der Waals surface area contributed by atoms with Gasteiger partial charge in [0.25, 0.3) is 15.7 Å². The molecule has 0 aliphatic carbocycles. The monoisotopic (exact) mass is 393 g/mol. The Hall–Kier alpha value is -3.47. The summed E-state index contributed by atoms with van der Waals surface area (Å²) in [7, 11) is -4.13. The molecule has 142 valence electrons. The maximum Gasteiger partial charge on any atom is 0.341 e. The van der Waals surface area contributed by atoms with E-state index >= 15 is 0 Å². The normalized spacial score (nSPS) is 11.3. The van der Waals surface area contributed by atoms with Gasteiger partial charge in [0.15, 0.2) is 6.61 Å². The van der Waals surface area contributed by atoms with Crippen LogP contribution in [0.3, 0.4) is 0 Å². The van der Waals surface area contributed by atoms with Crippen LogP contribution >= 0.6 is 0 Å². The number of nitro benzene ring substituents is 1. The van der Waals surface area contributed by atoms with Gasteiger partial charge in [0, 0.05) is 17.2 Å². The number of rotatable bonds is 8. The molecule has 11 heteroatoms. The zero-order valence-electron chi connectivity index (χ0n) is 14.0. The lowest BCUT2D eigenvalue weighted by Gasteiger charge is -2.07. The number of aryl methyl sites for hydroxylation is 1. The van der Waals surface area contributed by atoms with E-state index < -0.39 is 27.5 Å². The Kier molecular flexibility index (Phi) is 6.08. The first-order chi connectivity index (χ1) is 12.7. The first-order valence-corrected chi connectivity index (χ1v) is 8.92. The third-order valence-electron chi connectivity index (χ3n) is 3.33. The highest BCUT2D eigenvalue weighted by Crippen LogP contribution is 2.22. The van der Waals surface area contributed by atoms with E-state index in [0.717, 1.165) is 12.3 Å². The summed E-state index contributed by atoms with van der Waals surface area (Å²) < 4.78 is 29.6. The molecule has 0 atom stereocenters. The second-order valence-corrected chi connectivity index (χ2v) is 6.94. The van der Waals surface area contributed by atoms with E-state index in [1.165, 1.54) is 25.1 Å². The Labute approximate surface area is 154 Å². The number of carboxylic acids is 1. The third kappa shape index (κ3) is 5.25. The third-order valence-corrected chi connectivity index (χ3v) is 4.55. The fourth-order valence-corrected chi connectivity index (χ4v) is 2.84. The molecule has 0 aromatic heterocycles. The first kappa shape index (κ1) is 19.8. The molecular weight excluding hydrogens is 378 g/mol. The van der Waals surface area contributed by atoms with Gasteiger partial charge in [0.2, 0.25) is 0 Å². The van der Waals surface area contributed by atoms with Crippen LogP contribution in [0, 0.1) is 17.0 Å². The lowest BCUT2D eigenvalue weighted by atomic mass is 10.2. The largest absolute Gasteiger partial charge is 0.481 e. The molecule has 10 nitrogen and oxygen atoms in total. The van der Waals surface area contributed by atoms with Crippen LogP contribution in [0.25, 0.3) is 0 Å². The molecule has 0 aliphatic heterocycles. The lowest BCUT2D eigenvalue weighted by Crippen LogP contribution is -2.18. The molecule has 2 rings (SSSR count). The van der Waals surface area contributed by atoms with E-state index in [2.05, 4.69) is 5.10 Å². The summed E-state index contributed by atoms with van der Waals surface area (Å²) in [6.07, 6.45) is 1.14. The van der Waals surface area contributed by atoms with Gasteiger partial charge in [0.05, 0.1) is 16.0 Å². The minimum Gasteiger partial charge on any atom is -0.481 e. The molecule has 2 N–H and O–H groups in total. The Bertz CT molecular complexity index is 1000. The number of nitro groups is 1. The Balaban J connectivity index is 2.20. The molecular formula is C16H15N3O7S. The summed E-state index contributed by atoms with van der Waals surface area (Å²) in [5.41, 5.74) is 0.345. The van der Waals surface area contributed by atoms with Crippen molar-refractivity contribution in [3.63, 3.8) is 0 Å². The molecule has 27 heavy (non-hydrogen) atoms. The molecule has 0 saturated carbocycles. The van der Waals surface area contributed by atoms with Gasteiger partial charge in [-0.15, -0.1) is 0 Å². The van der Waals surface area contributed by atoms with Crippen LogP contribution in [0.4, 0.5) is 5.69 Å². The Morgan fingerprint density at radius 1 is 1.33 bits per heavy atom. The number of hydrazone groups is 1. The van der Waals surface area contributed by atoms with Gasteiger partial charge in [-0.3, -0.25) is 10.1 Å². The highest BCUT2D eigenvalue weighted by atomic mass is 32.2. The maximum absolute atomic E-state index is 12.3. The fraction of sp³-hybridized carbons (Fsp3) is 0.125. The molecule has 0 bridgehead atoms. The van der Waals surface area contributed by atoms with E-state index in [4.69, 9.17) is 9.84 Å². The minimum absolute atomic E-state index is 0.203. The van der Waals surface area contributed by atoms with Gasteiger partial charge in [-0.05, 0) is 25.1 Å². The van der Waals surface area contributed by atoms with Crippen LogP contribution in [0.15, 0.2) is 52.5 Å². The molecule has 2 aromatic carbocycles. The molecule has 0 amide bonds. The zero-order chi connectivity index (χ0) is 20.0. The number of carbonyl (C=O) groups is 1. The predicted molar refractivity (Wildman–Crippen MR) is 95.3 cm³/mol. The smallest absolute Gasteiger partial charge is 0.341 e. The van der Waals surface area contributed by atoms with Crippen molar-refractivity contribution in [1.29, 1.82) is 0 Å². The highest BCUT2D eigenvalue weighted by molar-refractivity contribution is 7.89. The van der Waals surface area contributed by atoms with Crippen LogP contribution in [-0.2, 0) is 14.8 Å². The number of nitrogens with one attached hydrogen (secondary N) is 1. The average Bonchev–Trinajstić information content (AvgIpc) is 2.60. The summed E-state index contributed by atoms with van der Waals surface area (Å²) in [6, 6.07) is 9.79. The number of carboxylic acid groups (broad SMARTS) is 1. The second kappa shape index (κ2) is 8.27. The van der Waals surface area contributed by atoms with Crippen LogP contribution < -0.4 is 9.57 Å². The van der Waals surface area contributed by atoms with Crippen LogP contribution in [0.1, 0.15) is 11.1 Å². The number of nitrogens with zero attached hydrogens (tertiary/aromatic N) is 2. The van der Waals surface area contributed by atoms with Gasteiger partial charge >= 0.3 is 5.97 Å². The Morgan fingerprint density at radius 3 is 2.70 bits per heavy atom. The molecule has 0 spiro atoms. The van der Waals surface area contributed by atoms with Crippen LogP contribution in [0.5, 0.6) is 5.75 Å². The molecule has 0 aliphatic rings.